The Balaban J connectivity index is 1.90. The number of nitrogens with one attached hydrogen (secondary N) is 1. The fraction of sp³-hybridized carbons (Fsp3) is 0.923. The summed E-state index contributed by atoms with van der Waals surface area (Å²) in [7, 11) is 0. The van der Waals surface area contributed by atoms with E-state index in [1.807, 2.05) is 20.8 Å². The van der Waals surface area contributed by atoms with Gasteiger partial charge < -0.3 is 10.4 Å². The van der Waals surface area contributed by atoms with E-state index < -0.39 is 0 Å². The lowest BCUT2D eigenvalue weighted by molar-refractivity contribution is -0.125. The molecule has 0 aromatic heterocycles. The Labute approximate surface area is 103 Å². The van der Waals surface area contributed by atoms with Gasteiger partial charge in [-0.3, -0.25) is 9.69 Å². The highest BCUT2D eigenvalue weighted by atomic mass is 16.3. The van der Waals surface area contributed by atoms with Crippen molar-refractivity contribution in [2.45, 2.75) is 70.2 Å². The molecule has 1 amide bonds. The van der Waals surface area contributed by atoms with E-state index in [9.17, 15) is 9.90 Å². The molecule has 0 radical (unpaired) electrons. The topological polar surface area (TPSA) is 52.6 Å². The molecule has 2 fully saturated rings. The maximum atomic E-state index is 11.9. The van der Waals surface area contributed by atoms with Crippen molar-refractivity contribution in [1.29, 1.82) is 0 Å². The van der Waals surface area contributed by atoms with Crippen LogP contribution < -0.4 is 5.32 Å². The number of aliphatic hydroxyl groups is 1. The Morgan fingerprint density at radius 1 is 1.29 bits per heavy atom. The maximum Gasteiger partial charge on any atom is 0.234 e. The van der Waals surface area contributed by atoms with Gasteiger partial charge in [-0.1, -0.05) is 0 Å². The number of carbonyl (C=O) groups is 1. The van der Waals surface area contributed by atoms with Gasteiger partial charge in [0, 0.05) is 17.6 Å². The molecule has 4 nitrogen and oxygen atoms in total. The van der Waals surface area contributed by atoms with Crippen molar-refractivity contribution >= 4 is 5.91 Å². The number of aliphatic hydroxyl groups excluding tert-OH is 1. The van der Waals surface area contributed by atoms with Crippen LogP contribution in [0.4, 0.5) is 0 Å². The predicted molar refractivity (Wildman–Crippen MR) is 66.7 cm³/mol. The van der Waals surface area contributed by atoms with E-state index in [2.05, 4.69) is 10.2 Å². The summed E-state index contributed by atoms with van der Waals surface area (Å²) in [6.07, 6.45) is 3.77. The molecule has 0 saturated carbocycles. The zero-order valence-electron chi connectivity index (χ0n) is 11.1. The van der Waals surface area contributed by atoms with Gasteiger partial charge in [-0.2, -0.15) is 0 Å². The minimum Gasteiger partial charge on any atom is -0.393 e. The molecule has 2 unspecified atom stereocenters. The summed E-state index contributed by atoms with van der Waals surface area (Å²) in [6.45, 7) is 6.48. The van der Waals surface area contributed by atoms with E-state index in [4.69, 9.17) is 0 Å². The lowest BCUT2D eigenvalue weighted by Gasteiger charge is -2.37. The normalized spacial score (nSPS) is 33.8. The number of fused-ring (bicyclic) bond motifs is 2. The van der Waals surface area contributed by atoms with Crippen molar-refractivity contribution in [3.63, 3.8) is 0 Å². The number of hydrogen-bond donors (Lipinski definition) is 2. The van der Waals surface area contributed by atoms with Gasteiger partial charge in [0.05, 0.1) is 12.6 Å². The van der Waals surface area contributed by atoms with Crippen LogP contribution in [0.2, 0.25) is 0 Å². The van der Waals surface area contributed by atoms with Crippen LogP contribution in [-0.2, 0) is 4.79 Å². The van der Waals surface area contributed by atoms with Gasteiger partial charge in [-0.15, -0.1) is 0 Å². The summed E-state index contributed by atoms with van der Waals surface area (Å²) < 4.78 is 0. The van der Waals surface area contributed by atoms with Gasteiger partial charge in [-0.05, 0) is 46.5 Å². The van der Waals surface area contributed by atoms with E-state index >= 15 is 0 Å². The zero-order valence-corrected chi connectivity index (χ0v) is 11.1. The third-order valence-corrected chi connectivity index (χ3v) is 3.70. The fourth-order valence-electron chi connectivity index (χ4n) is 3.13. The van der Waals surface area contributed by atoms with Crippen LogP contribution in [0.5, 0.6) is 0 Å². The molecule has 2 N–H and O–H groups in total. The third kappa shape index (κ3) is 3.19. The molecule has 2 aliphatic rings. The molecule has 17 heavy (non-hydrogen) atoms. The molecule has 4 heteroatoms. The molecule has 2 atom stereocenters. The van der Waals surface area contributed by atoms with Crippen molar-refractivity contribution in [2.75, 3.05) is 6.54 Å². The molecule has 2 bridgehead atoms. The first-order valence-electron chi connectivity index (χ1n) is 6.60. The van der Waals surface area contributed by atoms with Crippen molar-refractivity contribution in [1.82, 2.24) is 10.2 Å². The largest absolute Gasteiger partial charge is 0.393 e. The molecule has 0 aromatic rings. The quantitative estimate of drug-likeness (QED) is 0.753. The Morgan fingerprint density at radius 2 is 1.82 bits per heavy atom. The Hall–Kier alpha value is -0.610. The van der Waals surface area contributed by atoms with Crippen molar-refractivity contribution in [2.24, 2.45) is 0 Å². The number of nitrogens with zero attached hydrogens (tertiary/aromatic N) is 1. The van der Waals surface area contributed by atoms with Gasteiger partial charge in [-0.25, -0.2) is 0 Å². The average molecular weight is 240 g/mol. The molecule has 0 spiro atoms. The van der Waals surface area contributed by atoms with Crippen molar-refractivity contribution in [3.8, 4) is 0 Å². The summed E-state index contributed by atoms with van der Waals surface area (Å²) in [5, 5.41) is 12.7. The number of amides is 1. The predicted octanol–water partition coefficient (Wildman–Crippen LogP) is 0.889. The van der Waals surface area contributed by atoms with Gasteiger partial charge in [0.1, 0.15) is 0 Å². The summed E-state index contributed by atoms with van der Waals surface area (Å²) in [5.74, 6) is 0.103. The Kier molecular flexibility index (Phi) is 3.46. The minimum atomic E-state index is -0.161. The second-order valence-corrected chi connectivity index (χ2v) is 6.48. The number of carbonyl (C=O) groups excluding carboxylic acids is 1. The summed E-state index contributed by atoms with van der Waals surface area (Å²) in [6, 6.07) is 0.823. The van der Waals surface area contributed by atoms with Crippen LogP contribution in [-0.4, -0.2) is 46.2 Å². The molecule has 2 saturated heterocycles. The molecule has 2 rings (SSSR count). The highest BCUT2D eigenvalue weighted by molar-refractivity contribution is 5.78. The summed E-state index contributed by atoms with van der Waals surface area (Å²) in [4.78, 5) is 14.2. The number of hydrogen-bond acceptors (Lipinski definition) is 3. The molecule has 2 aliphatic heterocycles. The summed E-state index contributed by atoms with van der Waals surface area (Å²) >= 11 is 0. The van der Waals surface area contributed by atoms with Gasteiger partial charge in [0.15, 0.2) is 0 Å². The van der Waals surface area contributed by atoms with E-state index in [1.165, 1.54) is 0 Å². The van der Waals surface area contributed by atoms with Gasteiger partial charge in [0.25, 0.3) is 0 Å². The lowest BCUT2D eigenvalue weighted by atomic mass is 10.00. The molecule has 2 heterocycles. The fourth-order valence-corrected chi connectivity index (χ4v) is 3.13. The van der Waals surface area contributed by atoms with Crippen LogP contribution in [0.3, 0.4) is 0 Å². The zero-order chi connectivity index (χ0) is 12.6. The van der Waals surface area contributed by atoms with Gasteiger partial charge in [0.2, 0.25) is 5.91 Å². The van der Waals surface area contributed by atoms with Crippen molar-refractivity contribution in [3.05, 3.63) is 0 Å². The molecular formula is C13H24N2O2. The molecule has 0 aliphatic carbocycles. The third-order valence-electron chi connectivity index (χ3n) is 3.70. The average Bonchev–Trinajstić information content (AvgIpc) is 2.42. The Morgan fingerprint density at radius 3 is 2.29 bits per heavy atom. The summed E-state index contributed by atoms with van der Waals surface area (Å²) in [5.41, 5.74) is -0.161. The van der Waals surface area contributed by atoms with Gasteiger partial charge >= 0.3 is 0 Å². The highest BCUT2D eigenvalue weighted by Crippen LogP contribution is 2.35. The number of piperidine rings is 1. The van der Waals surface area contributed by atoms with Crippen LogP contribution in [0, 0.1) is 0 Å². The molecular weight excluding hydrogens is 216 g/mol. The standard InChI is InChI=1S/C13H24N2O2/c1-13(2,3)14-12(17)8-15-9-4-5-10(15)7-11(16)6-9/h9-11,16H,4-8H2,1-3H3,(H,14,17). The highest BCUT2D eigenvalue weighted by Gasteiger charge is 2.40. The monoisotopic (exact) mass is 240 g/mol. The van der Waals surface area contributed by atoms with Crippen LogP contribution in [0.25, 0.3) is 0 Å². The number of rotatable bonds is 2. The van der Waals surface area contributed by atoms with E-state index in [-0.39, 0.29) is 17.6 Å². The van der Waals surface area contributed by atoms with Crippen LogP contribution >= 0.6 is 0 Å². The maximum absolute atomic E-state index is 11.9. The first-order valence-corrected chi connectivity index (χ1v) is 6.60. The van der Waals surface area contributed by atoms with Crippen LogP contribution in [0.1, 0.15) is 46.5 Å². The minimum absolute atomic E-state index is 0.103. The second kappa shape index (κ2) is 4.58. The van der Waals surface area contributed by atoms with E-state index in [1.54, 1.807) is 0 Å². The molecule has 0 aromatic carbocycles. The van der Waals surface area contributed by atoms with E-state index in [0.29, 0.717) is 18.6 Å². The van der Waals surface area contributed by atoms with E-state index in [0.717, 1.165) is 25.7 Å². The smallest absolute Gasteiger partial charge is 0.234 e. The molecule has 98 valence electrons. The van der Waals surface area contributed by atoms with Crippen molar-refractivity contribution < 1.29 is 9.90 Å². The lowest BCUT2D eigenvalue weighted by Crippen LogP contribution is -2.51. The first kappa shape index (κ1) is 12.8. The second-order valence-electron chi connectivity index (χ2n) is 6.48. The first-order chi connectivity index (χ1) is 7.85. The Bertz CT molecular complexity index is 284. The van der Waals surface area contributed by atoms with Crippen LogP contribution in [0.15, 0.2) is 0 Å². The SMILES string of the molecule is CC(C)(C)NC(=O)CN1C2CCC1CC(O)C2.